The van der Waals surface area contributed by atoms with E-state index in [1.165, 1.54) is 6.42 Å². The fraction of sp³-hybridized carbons (Fsp3) is 0.773. The van der Waals surface area contributed by atoms with E-state index < -0.39 is 5.41 Å². The molecule has 4 aliphatic rings. The lowest BCUT2D eigenvalue weighted by Crippen LogP contribution is -2.54. The van der Waals surface area contributed by atoms with E-state index >= 15 is 0 Å². The topological polar surface area (TPSA) is 55.7 Å². The van der Waals surface area contributed by atoms with Gasteiger partial charge in [-0.2, -0.15) is 0 Å². The first-order chi connectivity index (χ1) is 12.5. The average molecular weight is 357 g/mol. The number of carbonyl (C=O) groups excluding carboxylic acids is 2. The van der Waals surface area contributed by atoms with Crippen LogP contribution in [0.15, 0.2) is 17.8 Å². The first-order valence-electron chi connectivity index (χ1n) is 10.3. The summed E-state index contributed by atoms with van der Waals surface area (Å²) < 4.78 is 0. The summed E-state index contributed by atoms with van der Waals surface area (Å²) in [6, 6.07) is 0. The minimum absolute atomic E-state index is 0.283. The van der Waals surface area contributed by atoms with Crippen LogP contribution in [0.3, 0.4) is 0 Å². The lowest BCUT2D eigenvalue weighted by Gasteiger charge is -2.59. The molecule has 0 heterocycles. The van der Waals surface area contributed by atoms with Crippen LogP contribution in [0.4, 0.5) is 0 Å². The Bertz CT molecular complexity index is 641. The predicted molar refractivity (Wildman–Crippen MR) is 101 cm³/mol. The highest BCUT2D eigenvalue weighted by atomic mass is 16.6. The third-order valence-electron chi connectivity index (χ3n) is 8.36. The van der Waals surface area contributed by atoms with Crippen molar-refractivity contribution in [1.82, 2.24) is 0 Å². The van der Waals surface area contributed by atoms with E-state index in [-0.39, 0.29) is 5.41 Å². The van der Waals surface area contributed by atoms with Crippen molar-refractivity contribution in [3.05, 3.63) is 12.7 Å². The number of hydrogen-bond acceptors (Lipinski definition) is 4. The molecule has 4 nitrogen and oxygen atoms in total. The predicted octanol–water partition coefficient (Wildman–Crippen LogP) is 4.34. The van der Waals surface area contributed by atoms with Gasteiger partial charge in [-0.1, -0.05) is 24.7 Å². The van der Waals surface area contributed by atoms with Gasteiger partial charge in [0.25, 0.3) is 0 Å². The Morgan fingerprint density at radius 3 is 2.81 bits per heavy atom. The summed E-state index contributed by atoms with van der Waals surface area (Å²) in [4.78, 5) is 30.1. The Hall–Kier alpha value is -1.45. The minimum Gasteiger partial charge on any atom is -0.392 e. The summed E-state index contributed by atoms with van der Waals surface area (Å²) in [5.74, 6) is 3.02. The van der Waals surface area contributed by atoms with Crippen LogP contribution in [-0.4, -0.2) is 24.4 Å². The number of oxime groups is 1. The van der Waals surface area contributed by atoms with Crippen LogP contribution >= 0.6 is 0 Å². The number of ketones is 2. The van der Waals surface area contributed by atoms with Crippen LogP contribution in [0.5, 0.6) is 0 Å². The SMILES string of the molecule is C=CCON=C[C@]12CC[C@H]3[C@@H](CCC4CC(=O)CC[C@@]43C)[C@@H]1CCC2=O. The zero-order chi connectivity index (χ0) is 18.4. The van der Waals surface area contributed by atoms with Crippen LogP contribution < -0.4 is 0 Å². The van der Waals surface area contributed by atoms with Crippen LogP contribution in [0.1, 0.15) is 64.7 Å². The quantitative estimate of drug-likeness (QED) is 0.325. The third-order valence-corrected chi connectivity index (χ3v) is 8.36. The van der Waals surface area contributed by atoms with Crippen LogP contribution in [0.25, 0.3) is 0 Å². The molecule has 0 aromatic rings. The Morgan fingerprint density at radius 2 is 2.00 bits per heavy atom. The molecule has 0 saturated heterocycles. The van der Waals surface area contributed by atoms with E-state index in [1.54, 1.807) is 6.08 Å². The first kappa shape index (κ1) is 17.9. The molecule has 0 amide bonds. The second-order valence-electron chi connectivity index (χ2n) is 9.26. The van der Waals surface area contributed by atoms with Gasteiger partial charge in [0, 0.05) is 19.3 Å². The lowest BCUT2D eigenvalue weighted by molar-refractivity contribution is -0.139. The molecule has 0 aromatic heterocycles. The maximum atomic E-state index is 12.9. The van der Waals surface area contributed by atoms with Crippen LogP contribution in [-0.2, 0) is 14.4 Å². The fourth-order valence-corrected chi connectivity index (χ4v) is 7.01. The minimum atomic E-state index is -0.407. The summed E-state index contributed by atoms with van der Waals surface area (Å²) >= 11 is 0. The van der Waals surface area contributed by atoms with Gasteiger partial charge in [-0.15, -0.1) is 0 Å². The van der Waals surface area contributed by atoms with E-state index in [4.69, 9.17) is 4.84 Å². The number of nitrogens with zero attached hydrogens (tertiary/aromatic N) is 1. The molecular formula is C22H31NO3. The molecule has 4 saturated carbocycles. The second-order valence-corrected chi connectivity index (χ2v) is 9.26. The molecule has 0 aliphatic heterocycles. The maximum absolute atomic E-state index is 12.9. The van der Waals surface area contributed by atoms with Crippen molar-refractivity contribution < 1.29 is 14.4 Å². The highest BCUT2D eigenvalue weighted by Gasteiger charge is 2.61. The zero-order valence-corrected chi connectivity index (χ0v) is 15.9. The van der Waals surface area contributed by atoms with Gasteiger partial charge in [-0.05, 0) is 67.6 Å². The molecule has 26 heavy (non-hydrogen) atoms. The third kappa shape index (κ3) is 2.59. The summed E-state index contributed by atoms with van der Waals surface area (Å²) in [6.45, 7) is 6.46. The van der Waals surface area contributed by atoms with E-state index in [2.05, 4.69) is 18.7 Å². The molecule has 0 bridgehead atoms. The van der Waals surface area contributed by atoms with E-state index in [1.807, 2.05) is 6.21 Å². The Kier molecular flexibility index (Phi) is 4.56. The summed E-state index contributed by atoms with van der Waals surface area (Å²) in [6.07, 6.45) is 12.1. The van der Waals surface area contributed by atoms with Gasteiger partial charge in [0.05, 0.1) is 11.6 Å². The second kappa shape index (κ2) is 6.61. The van der Waals surface area contributed by atoms with Crippen LogP contribution in [0.2, 0.25) is 0 Å². The molecule has 4 aliphatic carbocycles. The van der Waals surface area contributed by atoms with Crippen molar-refractivity contribution in [2.45, 2.75) is 64.7 Å². The number of fused-ring (bicyclic) bond motifs is 5. The molecule has 4 fully saturated rings. The van der Waals surface area contributed by atoms with Crippen molar-refractivity contribution in [3.8, 4) is 0 Å². The molecular weight excluding hydrogens is 326 g/mol. The van der Waals surface area contributed by atoms with E-state index in [9.17, 15) is 9.59 Å². The van der Waals surface area contributed by atoms with Crippen molar-refractivity contribution in [2.24, 2.45) is 39.7 Å². The highest BCUT2D eigenvalue weighted by Crippen LogP contribution is 2.64. The largest absolute Gasteiger partial charge is 0.392 e. The van der Waals surface area contributed by atoms with Crippen molar-refractivity contribution in [1.29, 1.82) is 0 Å². The van der Waals surface area contributed by atoms with Gasteiger partial charge in [-0.25, -0.2) is 0 Å². The molecule has 4 rings (SSSR count). The van der Waals surface area contributed by atoms with Crippen molar-refractivity contribution in [3.63, 3.8) is 0 Å². The van der Waals surface area contributed by atoms with Crippen molar-refractivity contribution in [2.75, 3.05) is 6.61 Å². The Balaban J connectivity index is 1.59. The Morgan fingerprint density at radius 1 is 1.15 bits per heavy atom. The Labute approximate surface area is 156 Å². The lowest BCUT2D eigenvalue weighted by atomic mass is 9.45. The first-order valence-corrected chi connectivity index (χ1v) is 10.3. The van der Waals surface area contributed by atoms with Crippen molar-refractivity contribution >= 4 is 17.8 Å². The van der Waals surface area contributed by atoms with Gasteiger partial charge in [-0.3, -0.25) is 9.59 Å². The molecule has 0 radical (unpaired) electrons. The standard InChI is InChI=1S/C22H31NO3/c1-3-12-26-23-14-22-11-9-18-17(19(22)6-7-20(22)25)5-4-15-13-16(24)8-10-21(15,18)2/h3,14-15,17-19H,1,4-13H2,2H3/t15?,17-,18+,19+,21+,22-/m1/s1. The average Bonchev–Trinajstić information content (AvgIpc) is 2.96. The van der Waals surface area contributed by atoms with Gasteiger partial charge >= 0.3 is 0 Å². The normalized spacial score (nSPS) is 45.1. The van der Waals surface area contributed by atoms with Gasteiger partial charge in [0.2, 0.25) is 0 Å². The number of Topliss-reactive ketones (excluding diaryl/α,β-unsaturated/α-hetero) is 2. The number of rotatable bonds is 4. The molecule has 0 N–H and O–H groups in total. The molecule has 6 atom stereocenters. The maximum Gasteiger partial charge on any atom is 0.144 e. The summed E-state index contributed by atoms with van der Waals surface area (Å²) in [5, 5.41) is 4.15. The van der Waals surface area contributed by atoms with E-state index in [0.717, 1.165) is 44.9 Å². The van der Waals surface area contributed by atoms with Gasteiger partial charge in [0.1, 0.15) is 18.2 Å². The molecule has 0 spiro atoms. The van der Waals surface area contributed by atoms with E-state index in [0.29, 0.717) is 48.3 Å². The monoisotopic (exact) mass is 357 g/mol. The zero-order valence-electron chi connectivity index (χ0n) is 15.9. The summed E-state index contributed by atoms with van der Waals surface area (Å²) in [7, 11) is 0. The summed E-state index contributed by atoms with van der Waals surface area (Å²) in [5.41, 5.74) is -0.124. The number of hydrogen-bond donors (Lipinski definition) is 0. The molecule has 1 unspecified atom stereocenters. The number of carbonyl (C=O) groups is 2. The fourth-order valence-electron chi connectivity index (χ4n) is 7.01. The van der Waals surface area contributed by atoms with Gasteiger partial charge < -0.3 is 4.84 Å². The van der Waals surface area contributed by atoms with Gasteiger partial charge in [0.15, 0.2) is 0 Å². The molecule has 4 heteroatoms. The smallest absolute Gasteiger partial charge is 0.144 e. The van der Waals surface area contributed by atoms with Crippen LogP contribution in [0, 0.1) is 34.5 Å². The molecule has 142 valence electrons. The highest BCUT2D eigenvalue weighted by molar-refractivity contribution is 6.02. The molecule has 0 aromatic carbocycles.